The van der Waals surface area contributed by atoms with Crippen LogP contribution in [0, 0.1) is 0 Å². The average Bonchev–Trinajstić information content (AvgIpc) is 3.08. The Balaban J connectivity index is 1.24. The van der Waals surface area contributed by atoms with Crippen molar-refractivity contribution in [2.24, 2.45) is 0 Å². The van der Waals surface area contributed by atoms with Gasteiger partial charge in [0, 0.05) is 92.5 Å². The maximum absolute atomic E-state index is 5.95. The van der Waals surface area contributed by atoms with E-state index in [0.29, 0.717) is 23.7 Å². The lowest BCUT2D eigenvalue weighted by molar-refractivity contribution is 0.0982. The number of ether oxygens (including phenoxy) is 1. The number of piperazine rings is 1. The summed E-state index contributed by atoms with van der Waals surface area (Å²) < 4.78 is 5.95. The third-order valence-corrected chi connectivity index (χ3v) is 9.47. The molecule has 4 aromatic rings. The molecule has 2 saturated heterocycles. The SMILES string of the molecule is C=Cc1cnc(Nc2cc(C(C)C)c(N3CCC(N4CCN(C)CC4)CC3)cc2OC)nc1Nc1ccc2nccnc2c1CC. The van der Waals surface area contributed by atoms with Gasteiger partial charge in [0.2, 0.25) is 5.95 Å². The molecule has 0 amide bonds. The lowest BCUT2D eigenvalue weighted by Crippen LogP contribution is -2.52. The molecule has 2 fully saturated rings. The zero-order chi connectivity index (χ0) is 32.2. The highest BCUT2D eigenvalue weighted by atomic mass is 16.5. The Labute approximate surface area is 272 Å². The number of rotatable bonds is 10. The summed E-state index contributed by atoms with van der Waals surface area (Å²) >= 11 is 0. The fourth-order valence-corrected chi connectivity index (χ4v) is 6.77. The van der Waals surface area contributed by atoms with E-state index in [1.54, 1.807) is 31.8 Å². The Bertz CT molecular complexity index is 1670. The topological polar surface area (TPSA) is 94.6 Å². The summed E-state index contributed by atoms with van der Waals surface area (Å²) in [7, 11) is 3.95. The van der Waals surface area contributed by atoms with Crippen molar-refractivity contribution < 1.29 is 4.74 Å². The van der Waals surface area contributed by atoms with Gasteiger partial charge in [-0.2, -0.15) is 4.98 Å². The van der Waals surface area contributed by atoms with Crippen LogP contribution < -0.4 is 20.3 Å². The van der Waals surface area contributed by atoms with E-state index in [1.165, 1.54) is 50.3 Å². The van der Waals surface area contributed by atoms with Crippen LogP contribution in [0.4, 0.5) is 28.8 Å². The molecule has 0 spiro atoms. The van der Waals surface area contributed by atoms with Crippen molar-refractivity contribution in [1.82, 2.24) is 29.7 Å². The zero-order valence-corrected chi connectivity index (χ0v) is 27.9. The summed E-state index contributed by atoms with van der Waals surface area (Å²) in [6.07, 6.45) is 10.2. The van der Waals surface area contributed by atoms with Gasteiger partial charge in [0.25, 0.3) is 0 Å². The number of methoxy groups -OCH3 is 1. The predicted octanol–water partition coefficient (Wildman–Crippen LogP) is 6.46. The third kappa shape index (κ3) is 6.64. The van der Waals surface area contributed by atoms with Gasteiger partial charge < -0.3 is 25.2 Å². The number of benzene rings is 2. The van der Waals surface area contributed by atoms with E-state index in [4.69, 9.17) is 9.72 Å². The van der Waals surface area contributed by atoms with Crippen molar-refractivity contribution in [3.8, 4) is 5.75 Å². The molecule has 2 aromatic heterocycles. The molecule has 0 bridgehead atoms. The van der Waals surface area contributed by atoms with Crippen LogP contribution in [0.1, 0.15) is 56.2 Å². The number of anilines is 5. The molecule has 10 heteroatoms. The van der Waals surface area contributed by atoms with Crippen molar-refractivity contribution in [3.63, 3.8) is 0 Å². The number of fused-ring (bicyclic) bond motifs is 1. The molecule has 0 atom stereocenters. The van der Waals surface area contributed by atoms with Gasteiger partial charge in [0.1, 0.15) is 11.6 Å². The number of piperidine rings is 1. The number of hydrogen-bond donors (Lipinski definition) is 2. The van der Waals surface area contributed by atoms with Crippen LogP contribution in [0.2, 0.25) is 0 Å². The summed E-state index contributed by atoms with van der Waals surface area (Å²) in [5.74, 6) is 2.24. The second-order valence-corrected chi connectivity index (χ2v) is 12.6. The van der Waals surface area contributed by atoms with Crippen molar-refractivity contribution in [2.75, 3.05) is 69.0 Å². The van der Waals surface area contributed by atoms with Gasteiger partial charge in [-0.25, -0.2) is 4.98 Å². The Morgan fingerprint density at radius 2 is 1.74 bits per heavy atom. The Kier molecular flexibility index (Phi) is 9.65. The molecule has 10 nitrogen and oxygen atoms in total. The van der Waals surface area contributed by atoms with E-state index < -0.39 is 0 Å². The summed E-state index contributed by atoms with van der Waals surface area (Å²) in [6, 6.07) is 9.08. The molecule has 6 rings (SSSR count). The first-order chi connectivity index (χ1) is 22.4. The van der Waals surface area contributed by atoms with Gasteiger partial charge in [-0.1, -0.05) is 33.4 Å². The quantitative estimate of drug-likeness (QED) is 0.205. The first-order valence-electron chi connectivity index (χ1n) is 16.5. The van der Waals surface area contributed by atoms with E-state index in [0.717, 1.165) is 58.8 Å². The molecule has 2 aromatic carbocycles. The largest absolute Gasteiger partial charge is 0.494 e. The standard InChI is InChI=1S/C36H47N9O/c1-7-25-23-39-36(42-35(25)40-29-9-10-30-34(27(29)8-2)38-14-13-37-30)41-31-21-28(24(3)4)32(22-33(31)46-6)45-15-11-26(12-16-45)44-19-17-43(5)18-20-44/h7,9-10,13-14,21-24,26H,1,8,11-12,15-20H2,2-6H3,(H2,39,40,41,42). The maximum atomic E-state index is 5.95. The molecule has 0 radical (unpaired) electrons. The number of hydrogen-bond acceptors (Lipinski definition) is 10. The fraction of sp³-hybridized carbons (Fsp3) is 0.444. The van der Waals surface area contributed by atoms with Crippen molar-refractivity contribution in [2.45, 2.75) is 52.0 Å². The highest BCUT2D eigenvalue weighted by Crippen LogP contribution is 2.40. The number of likely N-dealkylation sites (N-methyl/N-ethyl adjacent to an activating group) is 1. The minimum atomic E-state index is 0.335. The van der Waals surface area contributed by atoms with Crippen molar-refractivity contribution in [1.29, 1.82) is 0 Å². The number of nitrogens with one attached hydrogen (secondary N) is 2. The molecular weight excluding hydrogens is 574 g/mol. The molecule has 0 saturated carbocycles. The van der Waals surface area contributed by atoms with E-state index in [1.807, 2.05) is 12.1 Å². The second-order valence-electron chi connectivity index (χ2n) is 12.6. The highest BCUT2D eigenvalue weighted by Gasteiger charge is 2.28. The fourth-order valence-electron chi connectivity index (χ4n) is 6.77. The second kappa shape index (κ2) is 14.0. The van der Waals surface area contributed by atoms with E-state index in [-0.39, 0.29) is 0 Å². The third-order valence-electron chi connectivity index (χ3n) is 9.47. The molecule has 46 heavy (non-hydrogen) atoms. The summed E-state index contributed by atoms with van der Waals surface area (Å²) in [5, 5.41) is 6.99. The number of aryl methyl sites for hydroxylation is 1. The van der Waals surface area contributed by atoms with E-state index in [2.05, 4.69) is 86.8 Å². The molecule has 0 unspecified atom stereocenters. The van der Waals surface area contributed by atoms with Crippen molar-refractivity contribution >= 4 is 45.9 Å². The molecular formula is C36H47N9O. The Morgan fingerprint density at radius 3 is 2.43 bits per heavy atom. The Hall–Kier alpha value is -4.28. The van der Waals surface area contributed by atoms with Crippen LogP contribution in [-0.4, -0.2) is 89.2 Å². The summed E-state index contributed by atoms with van der Waals surface area (Å²) in [4.78, 5) is 26.3. The molecule has 0 aliphatic carbocycles. The minimum Gasteiger partial charge on any atom is -0.494 e. The van der Waals surface area contributed by atoms with Gasteiger partial charge in [0.05, 0.1) is 23.8 Å². The van der Waals surface area contributed by atoms with E-state index in [9.17, 15) is 0 Å². The lowest BCUT2D eigenvalue weighted by atomic mass is 9.96. The molecule has 2 N–H and O–H groups in total. The first-order valence-corrected chi connectivity index (χ1v) is 16.5. The van der Waals surface area contributed by atoms with Crippen molar-refractivity contribution in [3.05, 3.63) is 66.1 Å². The van der Waals surface area contributed by atoms with E-state index >= 15 is 0 Å². The van der Waals surface area contributed by atoms with Crippen LogP contribution in [0.15, 0.2) is 49.4 Å². The summed E-state index contributed by atoms with van der Waals surface area (Å²) in [5.41, 5.74) is 7.96. The monoisotopic (exact) mass is 621 g/mol. The van der Waals surface area contributed by atoms with Crippen LogP contribution in [0.25, 0.3) is 17.1 Å². The predicted molar refractivity (Wildman–Crippen MR) is 189 cm³/mol. The smallest absolute Gasteiger partial charge is 0.229 e. The first kappa shape index (κ1) is 31.7. The Morgan fingerprint density at radius 1 is 0.978 bits per heavy atom. The van der Waals surface area contributed by atoms with Gasteiger partial charge in [-0.3, -0.25) is 14.9 Å². The van der Waals surface area contributed by atoms with Crippen LogP contribution in [0.5, 0.6) is 5.75 Å². The zero-order valence-electron chi connectivity index (χ0n) is 27.9. The van der Waals surface area contributed by atoms with Gasteiger partial charge >= 0.3 is 0 Å². The van der Waals surface area contributed by atoms with Gasteiger partial charge in [-0.05, 0) is 56.0 Å². The highest BCUT2D eigenvalue weighted by molar-refractivity contribution is 5.85. The molecule has 242 valence electrons. The van der Waals surface area contributed by atoms with Crippen LogP contribution in [0.3, 0.4) is 0 Å². The number of nitrogens with zero attached hydrogens (tertiary/aromatic N) is 7. The minimum absolute atomic E-state index is 0.335. The lowest BCUT2D eigenvalue weighted by Gasteiger charge is -2.43. The van der Waals surface area contributed by atoms with Gasteiger partial charge in [-0.15, -0.1) is 0 Å². The van der Waals surface area contributed by atoms with Gasteiger partial charge in [0.15, 0.2) is 0 Å². The molecule has 4 heterocycles. The average molecular weight is 622 g/mol. The normalized spacial score (nSPS) is 16.6. The maximum Gasteiger partial charge on any atom is 0.229 e. The molecule has 2 aliphatic rings. The van der Waals surface area contributed by atoms with Crippen LogP contribution in [-0.2, 0) is 6.42 Å². The summed E-state index contributed by atoms with van der Waals surface area (Å²) in [6.45, 7) is 17.4. The molecule has 2 aliphatic heterocycles. The number of aromatic nitrogens is 4. The van der Waals surface area contributed by atoms with Crippen LogP contribution >= 0.6 is 0 Å².